The zero-order chi connectivity index (χ0) is 14.7. The van der Waals surface area contributed by atoms with Crippen molar-refractivity contribution in [3.8, 4) is 5.19 Å². The summed E-state index contributed by atoms with van der Waals surface area (Å²) in [6.45, 7) is 7.88. The number of hydrogen-bond donors (Lipinski definition) is 0. The monoisotopic (exact) mass is 307 g/mol. The summed E-state index contributed by atoms with van der Waals surface area (Å²) in [5.41, 5.74) is 2.24. The molecular weight excluding hydrogens is 286 g/mol. The van der Waals surface area contributed by atoms with E-state index in [1.807, 2.05) is 19.2 Å². The van der Waals surface area contributed by atoms with Gasteiger partial charge in [-0.3, -0.25) is 4.90 Å². The minimum atomic E-state index is 0.572. The molecule has 1 unspecified atom stereocenters. The fourth-order valence-corrected chi connectivity index (χ4v) is 3.35. The molecule has 114 valence electrons. The second-order valence-corrected chi connectivity index (χ2v) is 6.51. The first-order chi connectivity index (χ1) is 10.2. The van der Waals surface area contributed by atoms with E-state index in [0.29, 0.717) is 5.92 Å². The van der Waals surface area contributed by atoms with Gasteiger partial charge in [0.1, 0.15) is 5.76 Å². The second-order valence-electron chi connectivity index (χ2n) is 5.66. The average molecular weight is 307 g/mol. The van der Waals surface area contributed by atoms with E-state index in [2.05, 4.69) is 15.0 Å². The quantitative estimate of drug-likeness (QED) is 0.850. The number of rotatable bonds is 5. The molecule has 1 atom stereocenters. The zero-order valence-corrected chi connectivity index (χ0v) is 13.4. The van der Waals surface area contributed by atoms with E-state index in [1.165, 1.54) is 18.4 Å². The zero-order valence-electron chi connectivity index (χ0n) is 12.5. The van der Waals surface area contributed by atoms with Crippen molar-refractivity contribution in [2.24, 2.45) is 5.92 Å². The Bertz CT molecular complexity index is 548. The predicted molar refractivity (Wildman–Crippen MR) is 81.6 cm³/mol. The van der Waals surface area contributed by atoms with Crippen molar-refractivity contribution in [3.05, 3.63) is 28.6 Å². The Morgan fingerprint density at radius 3 is 3.10 bits per heavy atom. The Labute approximate surface area is 128 Å². The van der Waals surface area contributed by atoms with Gasteiger partial charge in [0.05, 0.1) is 12.3 Å². The van der Waals surface area contributed by atoms with Crippen molar-refractivity contribution in [2.75, 3.05) is 19.7 Å². The van der Waals surface area contributed by atoms with Crippen molar-refractivity contribution in [3.63, 3.8) is 0 Å². The molecule has 3 heterocycles. The summed E-state index contributed by atoms with van der Waals surface area (Å²) in [5.74, 6) is 1.51. The number of likely N-dealkylation sites (tertiary alicyclic amines) is 1. The Morgan fingerprint density at radius 2 is 2.38 bits per heavy atom. The molecule has 0 spiro atoms. The van der Waals surface area contributed by atoms with Gasteiger partial charge in [0, 0.05) is 36.1 Å². The fraction of sp³-hybridized carbons (Fsp3) is 0.600. The van der Waals surface area contributed by atoms with Gasteiger partial charge in [0.25, 0.3) is 5.19 Å². The summed E-state index contributed by atoms with van der Waals surface area (Å²) in [5, 5.41) is 6.76. The summed E-state index contributed by atoms with van der Waals surface area (Å²) in [6, 6.07) is 0. The van der Waals surface area contributed by atoms with Crippen LogP contribution in [-0.2, 0) is 6.54 Å². The molecule has 0 amide bonds. The highest BCUT2D eigenvalue weighted by Gasteiger charge is 2.22. The average Bonchev–Trinajstić information content (AvgIpc) is 3.11. The van der Waals surface area contributed by atoms with Gasteiger partial charge in [0.15, 0.2) is 0 Å². The lowest BCUT2D eigenvalue weighted by atomic mass is 9.98. The van der Waals surface area contributed by atoms with Gasteiger partial charge in [-0.25, -0.2) is 4.98 Å². The Balaban J connectivity index is 1.53. The summed E-state index contributed by atoms with van der Waals surface area (Å²) in [7, 11) is 0. The molecule has 1 fully saturated rings. The van der Waals surface area contributed by atoms with Gasteiger partial charge in [0.2, 0.25) is 0 Å². The van der Waals surface area contributed by atoms with Crippen LogP contribution in [0.2, 0.25) is 0 Å². The molecule has 0 aliphatic carbocycles. The first-order valence-corrected chi connectivity index (χ1v) is 8.26. The molecule has 1 saturated heterocycles. The second kappa shape index (κ2) is 6.58. The van der Waals surface area contributed by atoms with E-state index in [1.54, 1.807) is 17.5 Å². The van der Waals surface area contributed by atoms with Crippen LogP contribution in [0.4, 0.5) is 0 Å². The first-order valence-electron chi connectivity index (χ1n) is 7.39. The molecule has 2 aromatic heterocycles. The van der Waals surface area contributed by atoms with Gasteiger partial charge >= 0.3 is 0 Å². The van der Waals surface area contributed by atoms with Gasteiger partial charge < -0.3 is 9.26 Å². The van der Waals surface area contributed by atoms with Gasteiger partial charge in [-0.15, -0.1) is 0 Å². The van der Waals surface area contributed by atoms with Crippen LogP contribution in [0.1, 0.15) is 29.9 Å². The summed E-state index contributed by atoms with van der Waals surface area (Å²) < 4.78 is 11.0. The molecule has 0 bridgehead atoms. The standard InChI is InChI=1S/C15H21N3O2S/c1-11-14(12(2)20-17-11)9-18-6-3-4-13(8-18)10-19-15-16-5-7-21-15/h5,7,13H,3-4,6,8-10H2,1-2H3. The third-order valence-electron chi connectivity index (χ3n) is 4.02. The van der Waals surface area contributed by atoms with E-state index >= 15 is 0 Å². The third kappa shape index (κ3) is 3.63. The minimum absolute atomic E-state index is 0.572. The SMILES string of the molecule is Cc1noc(C)c1CN1CCCC(COc2nccs2)C1. The largest absolute Gasteiger partial charge is 0.470 e. The summed E-state index contributed by atoms with van der Waals surface area (Å²) in [4.78, 5) is 6.64. The molecule has 0 N–H and O–H groups in total. The van der Waals surface area contributed by atoms with E-state index in [0.717, 1.165) is 42.9 Å². The number of thiazole rings is 1. The van der Waals surface area contributed by atoms with Crippen molar-refractivity contribution in [1.29, 1.82) is 0 Å². The molecule has 1 aliphatic heterocycles. The van der Waals surface area contributed by atoms with Crippen molar-refractivity contribution < 1.29 is 9.26 Å². The molecule has 0 aromatic carbocycles. The molecule has 21 heavy (non-hydrogen) atoms. The Kier molecular flexibility index (Phi) is 4.55. The predicted octanol–water partition coefficient (Wildman–Crippen LogP) is 3.04. The molecule has 6 heteroatoms. The highest BCUT2D eigenvalue weighted by atomic mass is 32.1. The fourth-order valence-electron chi connectivity index (χ4n) is 2.85. The van der Waals surface area contributed by atoms with Crippen LogP contribution in [0.5, 0.6) is 5.19 Å². The summed E-state index contributed by atoms with van der Waals surface area (Å²) in [6.07, 6.45) is 4.23. The Morgan fingerprint density at radius 1 is 1.48 bits per heavy atom. The molecule has 0 saturated carbocycles. The third-order valence-corrected chi connectivity index (χ3v) is 4.70. The van der Waals surface area contributed by atoms with E-state index < -0.39 is 0 Å². The van der Waals surface area contributed by atoms with Crippen LogP contribution in [0, 0.1) is 19.8 Å². The molecule has 3 rings (SSSR count). The number of hydrogen-bond acceptors (Lipinski definition) is 6. The maximum absolute atomic E-state index is 5.77. The lowest BCUT2D eigenvalue weighted by Crippen LogP contribution is -2.37. The van der Waals surface area contributed by atoms with Crippen LogP contribution < -0.4 is 4.74 Å². The van der Waals surface area contributed by atoms with Crippen molar-refractivity contribution >= 4 is 11.3 Å². The van der Waals surface area contributed by atoms with E-state index in [-0.39, 0.29) is 0 Å². The number of nitrogens with zero attached hydrogens (tertiary/aromatic N) is 3. The lowest BCUT2D eigenvalue weighted by Gasteiger charge is -2.32. The molecule has 2 aromatic rings. The maximum Gasteiger partial charge on any atom is 0.273 e. The molecule has 5 nitrogen and oxygen atoms in total. The smallest absolute Gasteiger partial charge is 0.273 e. The lowest BCUT2D eigenvalue weighted by molar-refractivity contribution is 0.124. The van der Waals surface area contributed by atoms with Gasteiger partial charge in [-0.05, 0) is 33.2 Å². The van der Waals surface area contributed by atoms with E-state index in [9.17, 15) is 0 Å². The number of aryl methyl sites for hydroxylation is 2. The van der Waals surface area contributed by atoms with Crippen LogP contribution in [0.3, 0.4) is 0 Å². The first kappa shape index (κ1) is 14.5. The Hall–Kier alpha value is -1.40. The normalized spacial score (nSPS) is 19.8. The molecule has 0 radical (unpaired) electrons. The highest BCUT2D eigenvalue weighted by Crippen LogP contribution is 2.23. The minimum Gasteiger partial charge on any atom is -0.470 e. The number of ether oxygens (including phenoxy) is 1. The van der Waals surface area contributed by atoms with Crippen LogP contribution >= 0.6 is 11.3 Å². The van der Waals surface area contributed by atoms with Crippen LogP contribution in [0.25, 0.3) is 0 Å². The van der Waals surface area contributed by atoms with Crippen molar-refractivity contribution in [1.82, 2.24) is 15.0 Å². The van der Waals surface area contributed by atoms with E-state index in [4.69, 9.17) is 9.26 Å². The highest BCUT2D eigenvalue weighted by molar-refractivity contribution is 7.11. The topological polar surface area (TPSA) is 51.4 Å². The number of piperidine rings is 1. The van der Waals surface area contributed by atoms with Gasteiger partial charge in [-0.1, -0.05) is 16.5 Å². The van der Waals surface area contributed by atoms with Crippen LogP contribution in [0.15, 0.2) is 16.1 Å². The number of aromatic nitrogens is 2. The van der Waals surface area contributed by atoms with Crippen LogP contribution in [-0.4, -0.2) is 34.7 Å². The van der Waals surface area contributed by atoms with Gasteiger partial charge in [-0.2, -0.15) is 0 Å². The molecular formula is C15H21N3O2S. The van der Waals surface area contributed by atoms with Crippen molar-refractivity contribution in [2.45, 2.75) is 33.2 Å². The summed E-state index contributed by atoms with van der Waals surface area (Å²) >= 11 is 1.55. The molecule has 1 aliphatic rings. The maximum atomic E-state index is 5.77.